The number of phenolic OH excluding ortho intramolecular Hbond substituents is 2. The van der Waals surface area contributed by atoms with Gasteiger partial charge < -0.3 is 49.6 Å². The molecule has 3 aromatic carbocycles. The number of ether oxygens (including phenoxy) is 4. The number of carbonyl (C=O) groups excluding carboxylic acids is 3. The summed E-state index contributed by atoms with van der Waals surface area (Å²) in [6.45, 7) is 13.2. The number of ketones is 1. The first-order valence-electron chi connectivity index (χ1n) is 19.4. The van der Waals surface area contributed by atoms with Crippen molar-refractivity contribution >= 4 is 39.8 Å². The Morgan fingerprint density at radius 3 is 2.26 bits per heavy atom. The van der Waals surface area contributed by atoms with E-state index in [9.17, 15) is 34.8 Å². The number of Topliss-reactive ketones (excluding diaryl/α,β-unsaturated/α-hetero) is 1. The Kier molecular flexibility index (Phi) is 13.3. The number of fused-ring (bicyclic) bond motifs is 14. The van der Waals surface area contributed by atoms with E-state index in [2.05, 4.69) is 5.32 Å². The topological polar surface area (TPSA) is 184 Å². The van der Waals surface area contributed by atoms with Crippen LogP contribution in [0, 0.1) is 30.6 Å². The lowest BCUT2D eigenvalue weighted by Gasteiger charge is -2.38. The summed E-state index contributed by atoms with van der Waals surface area (Å²) in [5, 5.41) is 49.3. The van der Waals surface area contributed by atoms with Gasteiger partial charge in [0.2, 0.25) is 0 Å². The highest BCUT2D eigenvalue weighted by atomic mass is 16.7. The summed E-state index contributed by atoms with van der Waals surface area (Å²) in [5.74, 6) is -6.75. The number of anilines is 2. The van der Waals surface area contributed by atoms with Crippen LogP contribution >= 0.6 is 0 Å². The van der Waals surface area contributed by atoms with Gasteiger partial charge in [-0.05, 0) is 31.6 Å². The van der Waals surface area contributed by atoms with Gasteiger partial charge in [0.25, 0.3) is 11.7 Å². The predicted octanol–water partition coefficient (Wildman–Crippen LogP) is 6.68. The van der Waals surface area contributed by atoms with E-state index < -0.39 is 77.3 Å². The minimum Gasteiger partial charge on any atom is -0.507 e. The molecule has 0 unspecified atom stereocenters. The van der Waals surface area contributed by atoms with E-state index in [1.54, 1.807) is 79.0 Å². The highest BCUT2D eigenvalue weighted by Gasteiger charge is 2.49. The van der Waals surface area contributed by atoms with Gasteiger partial charge in [-0.15, -0.1) is 0 Å². The molecule has 3 aromatic rings. The summed E-state index contributed by atoms with van der Waals surface area (Å²) in [6.07, 6.45) is 3.96. The normalized spacial score (nSPS) is 30.2. The van der Waals surface area contributed by atoms with Crippen molar-refractivity contribution in [1.82, 2.24) is 0 Å². The van der Waals surface area contributed by atoms with Gasteiger partial charge in [0.05, 0.1) is 41.2 Å². The maximum absolute atomic E-state index is 14.6. The molecule has 5 bridgehead atoms. The number of benzene rings is 3. The van der Waals surface area contributed by atoms with Crippen LogP contribution in [-0.4, -0.2) is 82.4 Å². The van der Waals surface area contributed by atoms with E-state index in [1.807, 2.05) is 35.2 Å². The van der Waals surface area contributed by atoms with Gasteiger partial charge in [-0.25, -0.2) is 0 Å². The molecule has 312 valence electrons. The first-order chi connectivity index (χ1) is 27.3. The number of phenols is 2. The molecule has 3 aliphatic rings. The molecule has 9 atom stereocenters. The van der Waals surface area contributed by atoms with Gasteiger partial charge >= 0.3 is 11.8 Å². The molecular weight excluding hydrogens is 744 g/mol. The summed E-state index contributed by atoms with van der Waals surface area (Å²) < 4.78 is 23.9. The summed E-state index contributed by atoms with van der Waals surface area (Å²) in [5.41, 5.74) is 1.84. The van der Waals surface area contributed by atoms with Crippen LogP contribution in [-0.2, 0) is 30.3 Å². The van der Waals surface area contributed by atoms with E-state index >= 15 is 0 Å². The molecule has 0 aliphatic carbocycles. The molecule has 3 aliphatic heterocycles. The van der Waals surface area contributed by atoms with Crippen LogP contribution in [0.4, 0.5) is 11.4 Å². The molecule has 6 rings (SSSR count). The number of aliphatic hydroxyl groups excluding tert-OH is 2. The molecule has 0 spiro atoms. The standard InChI is InChI=1S/C45H56N2O11/c1-23-15-14-16-24(2)44(54)46-31-21-32(47(9)22-30-17-12-11-13-18-30)34-35(40(31)52)39(51)28(6)42-36(34)43(53)45(8,58-42)56-20-19-33(55-10)25(3)41(57-29(7)48)27(5)38(50)26(4)37(23)49/h11-21,23,25-27,33,37-38,41,49-52H,22H2,1-10H3,(H,46,54)/b15-14+,20-19+,24-16-/t23-,25-,26-,27-,33+,37+,38-,41-,45+/m1/s1. The Morgan fingerprint density at radius 1 is 0.948 bits per heavy atom. The third-order valence-corrected chi connectivity index (χ3v) is 11.5. The molecule has 13 heteroatoms. The minimum absolute atomic E-state index is 0.00550. The van der Waals surface area contributed by atoms with Crippen molar-refractivity contribution in [3.05, 3.63) is 89.2 Å². The smallest absolute Gasteiger partial charge is 0.312 e. The number of amides is 1. The second kappa shape index (κ2) is 17.6. The Bertz CT molecular complexity index is 2130. The molecule has 0 saturated carbocycles. The number of methoxy groups -OCH3 is 1. The summed E-state index contributed by atoms with van der Waals surface area (Å²) in [4.78, 5) is 42.4. The van der Waals surface area contributed by atoms with Crippen molar-refractivity contribution in [3.8, 4) is 17.2 Å². The molecule has 58 heavy (non-hydrogen) atoms. The van der Waals surface area contributed by atoms with Crippen LogP contribution in [0.3, 0.4) is 0 Å². The van der Waals surface area contributed by atoms with Gasteiger partial charge in [0.1, 0.15) is 17.6 Å². The number of hydrogen-bond acceptors (Lipinski definition) is 12. The number of carbonyl (C=O) groups is 3. The fourth-order valence-corrected chi connectivity index (χ4v) is 7.89. The van der Waals surface area contributed by atoms with Gasteiger partial charge in [-0.1, -0.05) is 76.3 Å². The first-order valence-corrected chi connectivity index (χ1v) is 19.4. The second-order valence-corrected chi connectivity index (χ2v) is 15.8. The second-order valence-electron chi connectivity index (χ2n) is 15.8. The maximum atomic E-state index is 14.6. The zero-order chi connectivity index (χ0) is 42.8. The summed E-state index contributed by atoms with van der Waals surface area (Å²) >= 11 is 0. The molecule has 1 amide bonds. The number of esters is 1. The molecule has 0 aromatic heterocycles. The minimum atomic E-state index is -1.94. The van der Waals surface area contributed by atoms with Crippen molar-refractivity contribution < 1.29 is 53.8 Å². The van der Waals surface area contributed by atoms with Crippen LogP contribution in [0.25, 0.3) is 10.8 Å². The lowest BCUT2D eigenvalue weighted by molar-refractivity contribution is -0.160. The van der Waals surface area contributed by atoms with E-state index in [4.69, 9.17) is 18.9 Å². The van der Waals surface area contributed by atoms with E-state index in [1.165, 1.54) is 27.2 Å². The Labute approximate surface area is 339 Å². The highest BCUT2D eigenvalue weighted by Crippen LogP contribution is 2.54. The van der Waals surface area contributed by atoms with Gasteiger partial charge in [0.15, 0.2) is 5.75 Å². The molecule has 0 fully saturated rings. The van der Waals surface area contributed by atoms with Gasteiger partial charge in [-0.3, -0.25) is 14.4 Å². The summed E-state index contributed by atoms with van der Waals surface area (Å²) in [7, 11) is 3.26. The molecule has 0 saturated heterocycles. The predicted molar refractivity (Wildman–Crippen MR) is 221 cm³/mol. The molecule has 13 nitrogen and oxygen atoms in total. The molecule has 5 N–H and O–H groups in total. The van der Waals surface area contributed by atoms with Gasteiger partial charge in [-0.2, -0.15) is 0 Å². The van der Waals surface area contributed by atoms with Gasteiger partial charge in [0, 0.05) is 80.4 Å². The Hall–Kier alpha value is -5.37. The van der Waals surface area contributed by atoms with Crippen molar-refractivity contribution in [1.29, 1.82) is 0 Å². The van der Waals surface area contributed by atoms with Crippen LogP contribution in [0.2, 0.25) is 0 Å². The Balaban J connectivity index is 1.70. The number of allylic oxidation sites excluding steroid dienone is 2. The van der Waals surface area contributed by atoms with Crippen molar-refractivity contribution in [2.24, 2.45) is 23.7 Å². The third-order valence-electron chi connectivity index (χ3n) is 11.5. The number of rotatable bonds is 5. The molecule has 3 heterocycles. The number of aliphatic hydroxyl groups is 2. The average molecular weight is 801 g/mol. The number of nitrogens with zero attached hydrogens (tertiary/aromatic N) is 1. The van der Waals surface area contributed by atoms with Crippen LogP contribution in [0.5, 0.6) is 17.2 Å². The lowest BCUT2D eigenvalue weighted by Crippen LogP contribution is -2.46. The van der Waals surface area contributed by atoms with E-state index in [0.717, 1.165) is 5.56 Å². The monoisotopic (exact) mass is 800 g/mol. The number of hydrogen-bond donors (Lipinski definition) is 5. The highest BCUT2D eigenvalue weighted by molar-refractivity contribution is 6.23. The fourth-order valence-electron chi connectivity index (χ4n) is 7.89. The molecular formula is C45H56N2O11. The summed E-state index contributed by atoms with van der Waals surface area (Å²) in [6, 6.07) is 11.1. The van der Waals surface area contributed by atoms with Crippen LogP contribution < -0.4 is 15.0 Å². The SMILES string of the molecule is CO[C@H]1/C=C/O[C@@]2(C)Oc3c(C)c(O)c4c(O)c(cc(N(C)Cc5ccccc5)c4c3C2=O)NC(=O)/C(C)=C\C=C\[C@@H](C)[C@H](O)[C@@H](C)[C@@H](O)[C@@H](C)[C@H](OC(C)=O)[C@@H]1C. The average Bonchev–Trinajstić information content (AvgIpc) is 3.46. The van der Waals surface area contributed by atoms with Crippen molar-refractivity contribution in [3.63, 3.8) is 0 Å². The molecule has 0 radical (unpaired) electrons. The Morgan fingerprint density at radius 2 is 1.62 bits per heavy atom. The number of aromatic hydroxyl groups is 2. The zero-order valence-corrected chi connectivity index (χ0v) is 34.8. The van der Waals surface area contributed by atoms with Crippen LogP contribution in [0.15, 0.2) is 72.5 Å². The zero-order valence-electron chi connectivity index (χ0n) is 34.8. The fraction of sp³-hybridized carbons (Fsp3) is 0.444. The third kappa shape index (κ3) is 8.57. The largest absolute Gasteiger partial charge is 0.507 e. The lowest BCUT2D eigenvalue weighted by atomic mass is 9.78. The quantitative estimate of drug-likeness (QED) is 0.136. The van der Waals surface area contributed by atoms with Crippen molar-refractivity contribution in [2.45, 2.75) is 92.1 Å². The maximum Gasteiger partial charge on any atom is 0.312 e. The van der Waals surface area contributed by atoms with Crippen LogP contribution in [0.1, 0.15) is 70.0 Å². The van der Waals surface area contributed by atoms with E-state index in [-0.39, 0.29) is 44.7 Å². The van der Waals surface area contributed by atoms with Crippen molar-refractivity contribution in [2.75, 3.05) is 24.4 Å². The van der Waals surface area contributed by atoms with E-state index in [0.29, 0.717) is 12.2 Å². The number of nitrogens with one attached hydrogen (secondary N) is 1. The first kappa shape index (κ1) is 43.7.